The fourth-order valence-corrected chi connectivity index (χ4v) is 4.25. The number of carbonyl (C=O) groups excluding carboxylic acids is 2. The van der Waals surface area contributed by atoms with Gasteiger partial charge in [0.1, 0.15) is 6.20 Å². The normalized spacial score (nSPS) is 10.4. The van der Waals surface area contributed by atoms with Crippen molar-refractivity contribution in [2.24, 2.45) is 7.05 Å². The van der Waals surface area contributed by atoms with E-state index in [0.717, 1.165) is 11.1 Å². The molecule has 6 aromatic rings. The van der Waals surface area contributed by atoms with Crippen molar-refractivity contribution < 1.29 is 23.6 Å². The van der Waals surface area contributed by atoms with Crippen molar-refractivity contribution in [1.29, 1.82) is 0 Å². The van der Waals surface area contributed by atoms with Gasteiger partial charge in [0.15, 0.2) is 23.6 Å². The molecule has 0 saturated carbocycles. The number of rotatable bonds is 8. The predicted octanol–water partition coefficient (Wildman–Crippen LogP) is 6.04. The van der Waals surface area contributed by atoms with Gasteiger partial charge in [-0.05, 0) is 29.5 Å². The number of fused-ring (bicyclic) bond motifs is 1. The van der Waals surface area contributed by atoms with Crippen LogP contribution in [0.25, 0.3) is 33.8 Å². The van der Waals surface area contributed by atoms with Gasteiger partial charge in [-0.25, -0.2) is 9.97 Å². The quantitative estimate of drug-likeness (QED) is 0.103. The van der Waals surface area contributed by atoms with Gasteiger partial charge in [-0.1, -0.05) is 76.3 Å². The van der Waals surface area contributed by atoms with Crippen molar-refractivity contribution in [2.45, 2.75) is 47.6 Å². The molecule has 0 spiro atoms. The van der Waals surface area contributed by atoms with Gasteiger partial charge in [0, 0.05) is 49.9 Å². The molecular formula is C33H41ClN12O6. The molecule has 0 atom stereocenters. The van der Waals surface area contributed by atoms with Crippen LogP contribution in [0.1, 0.15) is 68.4 Å². The van der Waals surface area contributed by atoms with Crippen molar-refractivity contribution in [3.63, 3.8) is 0 Å². The fraction of sp³-hybridized carbons (Fsp3) is 0.303. The van der Waals surface area contributed by atoms with Crippen LogP contribution in [0, 0.1) is 10.1 Å². The minimum atomic E-state index is -0.511. The number of benzene rings is 1. The molecule has 6 rings (SSSR count). The molecule has 1 aromatic carbocycles. The number of aromatic nitrogens is 9. The largest absolute Gasteiger partial charge is 0.384 e. The molecule has 0 aliphatic heterocycles. The van der Waals surface area contributed by atoms with E-state index >= 15 is 0 Å². The van der Waals surface area contributed by atoms with Crippen molar-refractivity contribution in [3.05, 3.63) is 94.1 Å². The average molecular weight is 737 g/mol. The average Bonchev–Trinajstić information content (AvgIpc) is 3.90. The van der Waals surface area contributed by atoms with Crippen LogP contribution in [0.2, 0.25) is 5.02 Å². The number of aryl methyl sites for hydroxylation is 1. The van der Waals surface area contributed by atoms with Crippen LogP contribution in [-0.2, 0) is 19.0 Å². The summed E-state index contributed by atoms with van der Waals surface area (Å²) in [5.74, 6) is 0.0595. The predicted molar refractivity (Wildman–Crippen MR) is 194 cm³/mol. The number of pyridine rings is 1. The van der Waals surface area contributed by atoms with Gasteiger partial charge in [0.05, 0.1) is 10.4 Å². The molecule has 0 unspecified atom stereocenters. The number of aldehydes is 1. The maximum Gasteiger partial charge on any atom is 0.318 e. The van der Waals surface area contributed by atoms with Crippen LogP contribution in [0.5, 0.6) is 0 Å². The molecule has 276 valence electrons. The number of hydrogen-bond donors (Lipinski definition) is 2. The first-order valence-electron chi connectivity index (χ1n) is 14.7. The van der Waals surface area contributed by atoms with E-state index in [9.17, 15) is 19.7 Å². The van der Waals surface area contributed by atoms with Gasteiger partial charge in [-0.2, -0.15) is 15.1 Å². The van der Waals surface area contributed by atoms with Gasteiger partial charge in [0.2, 0.25) is 12.0 Å². The lowest BCUT2D eigenvalue weighted by atomic mass is 9.96. The molecule has 5 heterocycles. The molecule has 1 amide bonds. The van der Waals surface area contributed by atoms with Gasteiger partial charge >= 0.3 is 17.5 Å². The summed E-state index contributed by atoms with van der Waals surface area (Å²) in [6.45, 7) is 9.40. The van der Waals surface area contributed by atoms with Crippen molar-refractivity contribution in [2.75, 3.05) is 14.1 Å². The molecule has 5 aromatic heterocycles. The van der Waals surface area contributed by atoms with Crippen LogP contribution in [0.15, 0.2) is 64.8 Å². The summed E-state index contributed by atoms with van der Waals surface area (Å²) in [6, 6.07) is 7.17. The Balaban J connectivity index is 0.000000573. The summed E-state index contributed by atoms with van der Waals surface area (Å²) in [7, 11) is 5.47. The number of nitrogens with one attached hydrogen (secondary N) is 2. The summed E-state index contributed by atoms with van der Waals surface area (Å²) in [5, 5.41) is 25.8. The number of carbonyl (C=O) groups is 2. The lowest BCUT2D eigenvalue weighted by Gasteiger charge is -2.10. The van der Waals surface area contributed by atoms with Gasteiger partial charge in [0.25, 0.3) is 5.89 Å². The molecule has 0 saturated heterocycles. The lowest BCUT2D eigenvalue weighted by Crippen LogP contribution is -2.23. The van der Waals surface area contributed by atoms with E-state index in [1.807, 2.05) is 45.8 Å². The Bertz CT molecular complexity index is 2110. The topological polar surface area (TPSA) is 230 Å². The van der Waals surface area contributed by atoms with Crippen LogP contribution in [-0.4, -0.2) is 81.1 Å². The van der Waals surface area contributed by atoms with Crippen LogP contribution in [0.3, 0.4) is 0 Å². The number of amides is 1. The Hall–Kier alpha value is -6.30. The van der Waals surface area contributed by atoms with Crippen molar-refractivity contribution >= 4 is 40.6 Å². The van der Waals surface area contributed by atoms with E-state index in [1.165, 1.54) is 17.2 Å². The van der Waals surface area contributed by atoms with Gasteiger partial charge in [-0.15, -0.1) is 0 Å². The van der Waals surface area contributed by atoms with E-state index in [-0.39, 0.29) is 55.8 Å². The molecular weight excluding hydrogens is 696 g/mol. The molecule has 0 fully saturated rings. The maximum absolute atomic E-state index is 12.5. The Morgan fingerprint density at radius 1 is 1.17 bits per heavy atom. The zero-order valence-corrected chi connectivity index (χ0v) is 28.7. The fourth-order valence-electron chi connectivity index (χ4n) is 4.01. The number of nitrogens with zero attached hydrogens (tertiary/aromatic N) is 10. The number of nitro groups is 1. The van der Waals surface area contributed by atoms with E-state index in [1.54, 1.807) is 37.6 Å². The Morgan fingerprint density at radius 2 is 1.88 bits per heavy atom. The first-order valence-corrected chi connectivity index (χ1v) is 15.0. The van der Waals surface area contributed by atoms with Gasteiger partial charge < -0.3 is 24.2 Å². The molecule has 0 aliphatic carbocycles. The van der Waals surface area contributed by atoms with E-state index in [2.05, 4.69) is 56.8 Å². The van der Waals surface area contributed by atoms with Crippen LogP contribution in [0.4, 0.5) is 5.69 Å². The van der Waals surface area contributed by atoms with E-state index < -0.39 is 10.8 Å². The maximum atomic E-state index is 12.5. The van der Waals surface area contributed by atoms with Crippen LogP contribution < -0.4 is 5.32 Å². The zero-order chi connectivity index (χ0) is 36.6. The molecule has 19 heteroatoms. The highest BCUT2D eigenvalue weighted by Crippen LogP contribution is 2.33. The molecule has 0 bridgehead atoms. The number of hydrogen-bond acceptors (Lipinski definition) is 14. The third-order valence-corrected chi connectivity index (χ3v) is 6.91. The zero-order valence-electron chi connectivity index (χ0n) is 27.9. The summed E-state index contributed by atoms with van der Waals surface area (Å²) in [4.78, 5) is 54.3. The van der Waals surface area contributed by atoms with Crippen LogP contribution >= 0.6 is 11.6 Å². The molecule has 0 aliphatic rings. The number of halogens is 1. The Morgan fingerprint density at radius 3 is 2.42 bits per heavy atom. The number of aromatic amines is 1. The number of imidazole rings is 1. The van der Waals surface area contributed by atoms with E-state index in [4.69, 9.17) is 16.1 Å². The van der Waals surface area contributed by atoms with Crippen molar-refractivity contribution in [1.82, 2.24) is 55.2 Å². The second-order valence-electron chi connectivity index (χ2n) is 11.6. The molecule has 0 radical (unpaired) electrons. The second-order valence-corrected chi connectivity index (χ2v) is 12.0. The SMILES string of the molecule is C.C.C=CN(C)C.Cn1cc([N+](=O)[O-])c(-c2nc3nccc(-c4ccc(CNC(=O)c5nc(C(C)(C)C)no5)c(Cl)c4)c3[nH]2)n1.O=Cc1ncno1. The monoisotopic (exact) mass is 736 g/mol. The summed E-state index contributed by atoms with van der Waals surface area (Å²) < 4.78 is 10.7. The second kappa shape index (κ2) is 18.1. The van der Waals surface area contributed by atoms with Crippen molar-refractivity contribution in [3.8, 4) is 22.6 Å². The van der Waals surface area contributed by atoms with E-state index in [0.29, 0.717) is 33.9 Å². The summed E-state index contributed by atoms with van der Waals surface area (Å²) in [5.41, 5.74) is 2.73. The Labute approximate surface area is 304 Å². The minimum Gasteiger partial charge on any atom is -0.384 e. The third kappa shape index (κ3) is 10.4. The summed E-state index contributed by atoms with van der Waals surface area (Å²) in [6.07, 6.45) is 6.32. The molecule has 18 nitrogen and oxygen atoms in total. The van der Waals surface area contributed by atoms with Gasteiger partial charge in [-0.3, -0.25) is 24.4 Å². The minimum absolute atomic E-state index is 0. The highest BCUT2D eigenvalue weighted by atomic mass is 35.5. The third-order valence-electron chi connectivity index (χ3n) is 6.56. The molecule has 52 heavy (non-hydrogen) atoms. The number of H-pyrrole nitrogens is 1. The first kappa shape index (κ1) is 41.9. The lowest BCUT2D eigenvalue weighted by molar-refractivity contribution is -0.384. The standard InChI is InChI=1S/C24H22ClN9O4.C4H9N.C3H2N2O2.2CH4/c1-24(2,3)23-30-22(38-32-23)21(35)27-10-13-6-5-12(9-15(13)25)14-7-8-26-19-17(14)28-20(29-19)18-16(34(36)37)11-33(4)31-18;1-4-5(2)3;6-1-3-4-2-5-7-3;;/h5-9,11H,10H2,1-4H3,(H,27,35)(H,26,28,29);4H,1H2,2-3H3;1-2H;2*1H4. The highest BCUT2D eigenvalue weighted by Gasteiger charge is 2.25. The highest BCUT2D eigenvalue weighted by molar-refractivity contribution is 6.31. The smallest absolute Gasteiger partial charge is 0.318 e. The first-order chi connectivity index (χ1) is 23.7. The summed E-state index contributed by atoms with van der Waals surface area (Å²) >= 11 is 6.55. The Kier molecular flexibility index (Phi) is 14.6. The molecule has 2 N–H and O–H groups in total.